The number of Topliss-reactive ketones (excluding diaryl/α,β-unsaturated/α-hetero) is 1. The van der Waals surface area contributed by atoms with Crippen LogP contribution in [0.1, 0.15) is 35.7 Å². The van der Waals surface area contributed by atoms with Crippen LogP contribution in [-0.4, -0.2) is 22.4 Å². The van der Waals surface area contributed by atoms with Gasteiger partial charge in [0.25, 0.3) is 0 Å². The first-order valence-corrected chi connectivity index (χ1v) is 7.10. The van der Waals surface area contributed by atoms with Gasteiger partial charge in [0.15, 0.2) is 5.78 Å². The zero-order valence-corrected chi connectivity index (χ0v) is 11.0. The molecule has 1 aromatic rings. The molecule has 0 radical (unpaired) electrons. The van der Waals surface area contributed by atoms with Crippen molar-refractivity contribution in [3.63, 3.8) is 0 Å². The predicted molar refractivity (Wildman–Crippen MR) is 70.0 cm³/mol. The van der Waals surface area contributed by atoms with Gasteiger partial charge in [0.05, 0.1) is 12.0 Å². The second-order valence-corrected chi connectivity index (χ2v) is 6.48. The fourth-order valence-corrected chi connectivity index (χ4v) is 4.07. The molecule has 17 heavy (non-hydrogen) atoms. The average Bonchev–Trinajstić information content (AvgIpc) is 2.62. The fourth-order valence-electron chi connectivity index (χ4n) is 2.70. The number of benzene rings is 1. The summed E-state index contributed by atoms with van der Waals surface area (Å²) in [5.74, 6) is 2.11. The Hall–Kier alpha value is -0.960. The van der Waals surface area contributed by atoms with E-state index < -0.39 is 0 Å². The topological polar surface area (TPSA) is 26.3 Å². The van der Waals surface area contributed by atoms with E-state index in [1.54, 1.807) is 0 Å². The highest BCUT2D eigenvalue weighted by atomic mass is 32.2. The van der Waals surface area contributed by atoms with E-state index in [-0.39, 0.29) is 11.4 Å². The van der Waals surface area contributed by atoms with E-state index in [0.717, 1.165) is 29.1 Å². The van der Waals surface area contributed by atoms with Gasteiger partial charge in [-0.05, 0) is 38.2 Å². The van der Waals surface area contributed by atoms with E-state index in [1.165, 1.54) is 0 Å². The molecule has 2 aliphatic heterocycles. The lowest BCUT2D eigenvalue weighted by Crippen LogP contribution is -2.46. The molecule has 2 unspecified atom stereocenters. The minimum atomic E-state index is -0.246. The van der Waals surface area contributed by atoms with Crippen molar-refractivity contribution in [3.05, 3.63) is 29.3 Å². The molecule has 0 aliphatic carbocycles. The smallest absolute Gasteiger partial charge is 0.170 e. The molecule has 90 valence electrons. The largest absolute Gasteiger partial charge is 0.485 e. The van der Waals surface area contributed by atoms with Crippen LogP contribution >= 0.6 is 11.8 Å². The van der Waals surface area contributed by atoms with Crippen molar-refractivity contribution in [2.24, 2.45) is 0 Å². The lowest BCUT2D eigenvalue weighted by molar-refractivity contribution is 0.0439. The predicted octanol–water partition coefficient (Wildman–Crippen LogP) is 3.22. The zero-order chi connectivity index (χ0) is 12.0. The van der Waals surface area contributed by atoms with Crippen molar-refractivity contribution >= 4 is 17.5 Å². The molecule has 1 fully saturated rings. The van der Waals surface area contributed by atoms with E-state index >= 15 is 0 Å². The molecule has 0 amide bonds. The van der Waals surface area contributed by atoms with Gasteiger partial charge in [-0.25, -0.2) is 0 Å². The quantitative estimate of drug-likeness (QED) is 0.705. The van der Waals surface area contributed by atoms with E-state index in [0.29, 0.717) is 11.7 Å². The molecule has 1 spiro atoms. The third-order valence-corrected chi connectivity index (χ3v) is 5.21. The minimum absolute atomic E-state index is 0.240. The maximum atomic E-state index is 12.3. The summed E-state index contributed by atoms with van der Waals surface area (Å²) in [6, 6.07) is 5.90. The van der Waals surface area contributed by atoms with Gasteiger partial charge in [-0.3, -0.25) is 4.79 Å². The second-order valence-electron chi connectivity index (χ2n) is 5.03. The molecule has 2 nitrogen and oxygen atoms in total. The van der Waals surface area contributed by atoms with E-state index in [9.17, 15) is 4.79 Å². The van der Waals surface area contributed by atoms with Crippen LogP contribution in [0.2, 0.25) is 0 Å². The second kappa shape index (κ2) is 3.77. The number of hydrogen-bond donors (Lipinski definition) is 0. The highest BCUT2D eigenvalue weighted by molar-refractivity contribution is 8.00. The molecule has 3 heteroatoms. The van der Waals surface area contributed by atoms with Crippen LogP contribution in [0.25, 0.3) is 0 Å². The molecule has 2 atom stereocenters. The fraction of sp³-hybridized carbons (Fsp3) is 0.500. The Kier molecular flexibility index (Phi) is 2.47. The van der Waals surface area contributed by atoms with E-state index in [2.05, 4.69) is 6.92 Å². The van der Waals surface area contributed by atoms with Crippen molar-refractivity contribution < 1.29 is 9.53 Å². The number of ketones is 1. The molecule has 0 saturated carbocycles. The third kappa shape index (κ3) is 1.68. The van der Waals surface area contributed by atoms with Crippen LogP contribution in [0.4, 0.5) is 0 Å². The lowest BCUT2D eigenvalue weighted by Gasteiger charge is -2.37. The monoisotopic (exact) mass is 248 g/mol. The average molecular weight is 248 g/mol. The number of aryl methyl sites for hydroxylation is 1. The molecule has 0 aromatic heterocycles. The highest BCUT2D eigenvalue weighted by Crippen LogP contribution is 2.45. The van der Waals surface area contributed by atoms with Gasteiger partial charge in [0.2, 0.25) is 0 Å². The number of thioether (sulfide) groups is 1. The van der Waals surface area contributed by atoms with Gasteiger partial charge in [-0.15, -0.1) is 0 Å². The first-order chi connectivity index (χ1) is 8.11. The number of carbonyl (C=O) groups excluding carboxylic acids is 1. The molecule has 0 N–H and O–H groups in total. The Bertz CT molecular complexity index is 483. The Morgan fingerprint density at radius 3 is 3.00 bits per heavy atom. The summed E-state index contributed by atoms with van der Waals surface area (Å²) in [6.45, 7) is 4.18. The molecule has 0 bridgehead atoms. The first kappa shape index (κ1) is 11.1. The minimum Gasteiger partial charge on any atom is -0.485 e. The summed E-state index contributed by atoms with van der Waals surface area (Å²) >= 11 is 1.91. The van der Waals surface area contributed by atoms with Crippen molar-refractivity contribution in [1.29, 1.82) is 0 Å². The summed E-state index contributed by atoms with van der Waals surface area (Å²) in [5.41, 5.74) is 1.63. The van der Waals surface area contributed by atoms with Gasteiger partial charge in [0.1, 0.15) is 11.4 Å². The number of fused-ring (bicyclic) bond motifs is 1. The summed E-state index contributed by atoms with van der Waals surface area (Å²) in [4.78, 5) is 12.3. The molecule has 2 aliphatic rings. The molecular formula is C14H16O2S. The van der Waals surface area contributed by atoms with Crippen LogP contribution in [0.3, 0.4) is 0 Å². The van der Waals surface area contributed by atoms with Crippen molar-refractivity contribution in [1.82, 2.24) is 0 Å². The Labute approximate surface area is 106 Å². The number of carbonyl (C=O) groups is 1. The molecule has 1 saturated heterocycles. The number of rotatable bonds is 0. The molecule has 2 heterocycles. The molecule has 3 rings (SSSR count). The number of hydrogen-bond acceptors (Lipinski definition) is 3. The maximum Gasteiger partial charge on any atom is 0.170 e. The van der Waals surface area contributed by atoms with Crippen LogP contribution in [0, 0.1) is 6.92 Å². The Morgan fingerprint density at radius 1 is 1.47 bits per heavy atom. The Morgan fingerprint density at radius 2 is 2.29 bits per heavy atom. The first-order valence-electron chi connectivity index (χ1n) is 6.05. The zero-order valence-electron chi connectivity index (χ0n) is 10.2. The van der Waals surface area contributed by atoms with Crippen molar-refractivity contribution in [3.8, 4) is 5.75 Å². The van der Waals surface area contributed by atoms with E-state index in [1.807, 2.05) is 36.9 Å². The molecular weight excluding hydrogens is 232 g/mol. The van der Waals surface area contributed by atoms with Crippen molar-refractivity contribution in [2.75, 3.05) is 5.75 Å². The van der Waals surface area contributed by atoms with Gasteiger partial charge in [-0.1, -0.05) is 11.6 Å². The van der Waals surface area contributed by atoms with Gasteiger partial charge < -0.3 is 4.74 Å². The van der Waals surface area contributed by atoms with Crippen LogP contribution in [-0.2, 0) is 0 Å². The highest BCUT2D eigenvalue weighted by Gasteiger charge is 2.48. The Balaban J connectivity index is 2.04. The summed E-state index contributed by atoms with van der Waals surface area (Å²) < 4.78 is 6.18. The third-order valence-electron chi connectivity index (χ3n) is 3.84. The SMILES string of the molecule is Cc1ccc2c(c1)C(=O)CC1(CCSC1C)O2. The standard InChI is InChI=1S/C14H16O2S/c1-9-3-4-13-11(7-9)12(15)8-14(16-13)5-6-17-10(14)2/h3-4,7,10H,5-6,8H2,1-2H3. The maximum absolute atomic E-state index is 12.3. The summed E-state index contributed by atoms with van der Waals surface area (Å²) in [5, 5.41) is 0.404. The van der Waals surface area contributed by atoms with Crippen molar-refractivity contribution in [2.45, 2.75) is 37.5 Å². The molecule has 1 aromatic carbocycles. The van der Waals surface area contributed by atoms with Gasteiger partial charge in [0, 0.05) is 5.25 Å². The van der Waals surface area contributed by atoms with Crippen LogP contribution in [0.5, 0.6) is 5.75 Å². The van der Waals surface area contributed by atoms with Gasteiger partial charge in [-0.2, -0.15) is 11.8 Å². The number of ether oxygens (including phenoxy) is 1. The van der Waals surface area contributed by atoms with Gasteiger partial charge >= 0.3 is 0 Å². The van der Waals surface area contributed by atoms with Crippen LogP contribution in [0.15, 0.2) is 18.2 Å². The normalized spacial score (nSPS) is 31.4. The van der Waals surface area contributed by atoms with E-state index in [4.69, 9.17) is 4.74 Å². The summed E-state index contributed by atoms with van der Waals surface area (Å²) in [6.07, 6.45) is 1.52. The summed E-state index contributed by atoms with van der Waals surface area (Å²) in [7, 11) is 0. The van der Waals surface area contributed by atoms with Crippen LogP contribution < -0.4 is 4.74 Å². The lowest BCUT2D eigenvalue weighted by atomic mass is 9.85.